The lowest BCUT2D eigenvalue weighted by Crippen LogP contribution is -1.92. The fourth-order valence-corrected chi connectivity index (χ4v) is 1.24. The summed E-state index contributed by atoms with van der Waals surface area (Å²) in [6, 6.07) is 7.72. The van der Waals surface area contributed by atoms with Crippen LogP contribution in [0.15, 0.2) is 24.3 Å². The maximum absolute atomic E-state index is 8.48. The van der Waals surface area contributed by atoms with Crippen LogP contribution in [-0.4, -0.2) is 18.3 Å². The molecule has 3 nitrogen and oxygen atoms in total. The molecule has 0 saturated heterocycles. The van der Waals surface area contributed by atoms with E-state index in [4.69, 9.17) is 13.5 Å². The highest BCUT2D eigenvalue weighted by Crippen LogP contribution is 2.17. The van der Waals surface area contributed by atoms with Gasteiger partial charge in [-0.25, -0.2) is 0 Å². The fourth-order valence-electron chi connectivity index (χ4n) is 0.815. The number of hydrogen-bond acceptors (Lipinski definition) is 4. The molecule has 0 atom stereocenters. The fraction of sp³-hybridized carbons (Fsp3) is 0.400. The van der Waals surface area contributed by atoms with Crippen molar-refractivity contribution in [2.24, 2.45) is 0 Å². The molecule has 1 aromatic carbocycles. The van der Waals surface area contributed by atoms with Gasteiger partial charge in [0.25, 0.3) is 0 Å². The van der Waals surface area contributed by atoms with Crippen LogP contribution >= 0.6 is 12.3 Å². The quantitative estimate of drug-likeness (QED) is 0.582. The van der Waals surface area contributed by atoms with Crippen molar-refractivity contribution in [1.29, 1.82) is 0 Å². The van der Waals surface area contributed by atoms with E-state index in [1.165, 1.54) is 5.56 Å². The Hall–Kier alpha value is -0.710. The first-order chi connectivity index (χ1) is 6.83. The predicted molar refractivity (Wildman–Crippen MR) is 57.1 cm³/mol. The minimum absolute atomic E-state index is 0.144. The van der Waals surface area contributed by atoms with Crippen LogP contribution in [0.1, 0.15) is 12.0 Å². The second-order valence-electron chi connectivity index (χ2n) is 2.86. The van der Waals surface area contributed by atoms with Gasteiger partial charge in [-0.3, -0.25) is 4.18 Å². The molecule has 4 heteroatoms. The van der Waals surface area contributed by atoms with Crippen molar-refractivity contribution in [1.82, 2.24) is 0 Å². The van der Waals surface area contributed by atoms with Crippen molar-refractivity contribution >= 4 is 12.3 Å². The van der Waals surface area contributed by atoms with E-state index in [9.17, 15) is 0 Å². The molecular formula is C10H14O3S. The number of rotatable bonds is 6. The molecule has 0 aliphatic heterocycles. The van der Waals surface area contributed by atoms with Gasteiger partial charge in [0.15, 0.2) is 0 Å². The Balaban J connectivity index is 2.15. The van der Waals surface area contributed by atoms with Crippen molar-refractivity contribution in [3.8, 4) is 5.75 Å². The second kappa shape index (κ2) is 6.70. The third kappa shape index (κ3) is 4.50. The molecule has 0 unspecified atom stereocenters. The van der Waals surface area contributed by atoms with E-state index in [0.717, 1.165) is 18.1 Å². The lowest BCUT2D eigenvalue weighted by atomic mass is 10.2. The van der Waals surface area contributed by atoms with Gasteiger partial charge in [-0.1, -0.05) is 17.7 Å². The van der Waals surface area contributed by atoms with Crippen LogP contribution in [0.3, 0.4) is 0 Å². The number of hydrogen-bond donors (Lipinski definition) is 1. The average molecular weight is 214 g/mol. The zero-order chi connectivity index (χ0) is 10.2. The van der Waals surface area contributed by atoms with Gasteiger partial charge in [0.2, 0.25) is 12.3 Å². The zero-order valence-corrected chi connectivity index (χ0v) is 8.92. The van der Waals surface area contributed by atoms with Gasteiger partial charge in [0, 0.05) is 6.61 Å². The highest BCUT2D eigenvalue weighted by atomic mass is 32.2. The van der Waals surface area contributed by atoms with E-state index in [0.29, 0.717) is 13.0 Å². The first-order valence-corrected chi connectivity index (χ1v) is 5.13. The maximum atomic E-state index is 8.48. The molecule has 78 valence electrons. The SMILES string of the molecule is Cc1ccc(OSOCCCO)cc1. The Morgan fingerprint density at radius 1 is 1.29 bits per heavy atom. The molecule has 1 rings (SSSR count). The van der Waals surface area contributed by atoms with Gasteiger partial charge in [0.1, 0.15) is 5.75 Å². The Kier molecular flexibility index (Phi) is 5.44. The summed E-state index contributed by atoms with van der Waals surface area (Å²) in [5.74, 6) is 0.768. The first-order valence-electron chi connectivity index (χ1n) is 4.46. The van der Waals surface area contributed by atoms with Crippen LogP contribution in [0, 0.1) is 6.92 Å². The summed E-state index contributed by atoms with van der Waals surface area (Å²) in [5.41, 5.74) is 1.20. The van der Waals surface area contributed by atoms with Gasteiger partial charge in [-0.15, -0.1) is 0 Å². The van der Waals surface area contributed by atoms with Crippen molar-refractivity contribution in [2.45, 2.75) is 13.3 Å². The molecule has 0 amide bonds. The van der Waals surface area contributed by atoms with Crippen molar-refractivity contribution < 1.29 is 13.5 Å². The van der Waals surface area contributed by atoms with Crippen LogP contribution in [0.2, 0.25) is 0 Å². The van der Waals surface area contributed by atoms with Gasteiger partial charge in [-0.2, -0.15) is 0 Å². The lowest BCUT2D eigenvalue weighted by Gasteiger charge is -2.03. The molecule has 1 N–H and O–H groups in total. The number of aryl methyl sites for hydroxylation is 1. The molecule has 0 fully saturated rings. The molecule has 0 bridgehead atoms. The summed E-state index contributed by atoms with van der Waals surface area (Å²) in [6.07, 6.45) is 0.629. The third-order valence-electron chi connectivity index (χ3n) is 1.59. The monoisotopic (exact) mass is 214 g/mol. The summed E-state index contributed by atoms with van der Waals surface area (Å²) in [7, 11) is 0. The minimum Gasteiger partial charge on any atom is -0.400 e. The predicted octanol–water partition coefficient (Wildman–Crippen LogP) is 2.34. The summed E-state index contributed by atoms with van der Waals surface area (Å²) in [4.78, 5) is 0. The normalized spacial score (nSPS) is 10.1. The van der Waals surface area contributed by atoms with E-state index >= 15 is 0 Å². The van der Waals surface area contributed by atoms with Gasteiger partial charge in [0.05, 0.1) is 6.61 Å². The smallest absolute Gasteiger partial charge is 0.225 e. The Labute approximate surface area is 88.5 Å². The highest BCUT2D eigenvalue weighted by Gasteiger charge is 1.94. The van der Waals surface area contributed by atoms with Gasteiger partial charge >= 0.3 is 0 Å². The van der Waals surface area contributed by atoms with Crippen LogP contribution < -0.4 is 4.18 Å². The Morgan fingerprint density at radius 2 is 2.00 bits per heavy atom. The summed E-state index contributed by atoms with van der Waals surface area (Å²) in [5, 5.41) is 8.48. The zero-order valence-electron chi connectivity index (χ0n) is 8.10. The van der Waals surface area contributed by atoms with Crippen LogP contribution in [-0.2, 0) is 4.18 Å². The van der Waals surface area contributed by atoms with E-state index in [-0.39, 0.29) is 6.61 Å². The molecule has 1 aromatic rings. The lowest BCUT2D eigenvalue weighted by molar-refractivity contribution is 0.244. The van der Waals surface area contributed by atoms with Crippen LogP contribution in [0.4, 0.5) is 0 Å². The van der Waals surface area contributed by atoms with E-state index in [1.54, 1.807) is 0 Å². The van der Waals surface area contributed by atoms with Crippen molar-refractivity contribution in [3.05, 3.63) is 29.8 Å². The van der Waals surface area contributed by atoms with E-state index in [1.807, 2.05) is 31.2 Å². The number of aliphatic hydroxyl groups excluding tert-OH is 1. The summed E-state index contributed by atoms with van der Waals surface area (Å²) < 4.78 is 10.3. The Bertz CT molecular complexity index is 248. The highest BCUT2D eigenvalue weighted by molar-refractivity contribution is 7.90. The number of benzene rings is 1. The summed E-state index contributed by atoms with van der Waals surface area (Å²) >= 11 is 0.941. The van der Waals surface area contributed by atoms with E-state index in [2.05, 4.69) is 0 Å². The molecule has 0 saturated carbocycles. The standard InChI is InChI=1S/C10H14O3S/c1-9-3-5-10(6-4-9)13-14-12-8-2-7-11/h3-6,11H,2,7-8H2,1H3. The van der Waals surface area contributed by atoms with Crippen LogP contribution in [0.25, 0.3) is 0 Å². The molecule has 0 aliphatic rings. The molecule has 0 aliphatic carbocycles. The van der Waals surface area contributed by atoms with Crippen molar-refractivity contribution in [2.75, 3.05) is 13.2 Å². The number of aliphatic hydroxyl groups is 1. The van der Waals surface area contributed by atoms with Gasteiger partial charge < -0.3 is 9.29 Å². The third-order valence-corrected chi connectivity index (χ3v) is 2.11. The second-order valence-corrected chi connectivity index (χ2v) is 3.40. The first kappa shape index (κ1) is 11.4. The molecular weight excluding hydrogens is 200 g/mol. The van der Waals surface area contributed by atoms with Gasteiger partial charge in [-0.05, 0) is 25.5 Å². The van der Waals surface area contributed by atoms with E-state index < -0.39 is 0 Å². The largest absolute Gasteiger partial charge is 0.400 e. The van der Waals surface area contributed by atoms with Crippen molar-refractivity contribution in [3.63, 3.8) is 0 Å². The van der Waals surface area contributed by atoms with Crippen LogP contribution in [0.5, 0.6) is 5.75 Å². The Morgan fingerprint density at radius 3 is 2.64 bits per heavy atom. The average Bonchev–Trinajstić information content (AvgIpc) is 2.21. The molecule has 0 heterocycles. The molecule has 14 heavy (non-hydrogen) atoms. The summed E-state index contributed by atoms with van der Waals surface area (Å²) in [6.45, 7) is 2.66. The molecule has 0 aromatic heterocycles. The molecule has 0 radical (unpaired) electrons. The topological polar surface area (TPSA) is 38.7 Å². The minimum atomic E-state index is 0.144. The maximum Gasteiger partial charge on any atom is 0.225 e. The molecule has 0 spiro atoms.